The molecule has 52 heavy (non-hydrogen) atoms. The first kappa shape index (κ1) is 41.2. The predicted octanol–water partition coefficient (Wildman–Crippen LogP) is -6.27. The van der Waals surface area contributed by atoms with E-state index in [1.807, 2.05) is 0 Å². The fourth-order valence-electron chi connectivity index (χ4n) is 2.90. The molecule has 7 N–H and O–H groups in total. The molecule has 6 unspecified atom stereocenters. The molecule has 0 spiro atoms. The zero-order chi connectivity index (χ0) is 39.6. The lowest BCUT2D eigenvalue weighted by atomic mass is 10.1. The Kier molecular flexibility index (Phi) is 13.2. The first-order valence-electron chi connectivity index (χ1n) is 13.2. The highest BCUT2D eigenvalue weighted by Gasteiger charge is 2.70. The molecule has 0 aromatic carbocycles. The third-order valence-corrected chi connectivity index (χ3v) is 5.21. The third-order valence-electron chi connectivity index (χ3n) is 5.21. The number of primary amides is 1. The van der Waals surface area contributed by atoms with Crippen molar-refractivity contribution in [2.45, 2.75) is 49.8 Å². The van der Waals surface area contributed by atoms with Gasteiger partial charge in [-0.05, 0) is 13.8 Å². The molecule has 0 saturated carbocycles. The monoisotopic (exact) mass is 750 g/mol. The summed E-state index contributed by atoms with van der Waals surface area (Å²) in [4.78, 5) is 149. The van der Waals surface area contributed by atoms with Crippen LogP contribution < -0.4 is 11.1 Å². The largest absolute Gasteiger partial charge is 0.438 e. The minimum Gasteiger partial charge on any atom is -0.414 e. The van der Waals surface area contributed by atoms with Crippen LogP contribution in [-0.2, 0) is 95.9 Å². The van der Waals surface area contributed by atoms with Gasteiger partial charge in [0.1, 0.15) is 0 Å². The molecule has 0 saturated heterocycles. The maximum absolute atomic E-state index is 12.8. The summed E-state index contributed by atoms with van der Waals surface area (Å²) in [5.74, 6) is -31.8. The Morgan fingerprint density at radius 2 is 1.19 bits per heavy atom. The molecule has 6 atom stereocenters. The van der Waals surface area contributed by atoms with Crippen LogP contribution >= 0.6 is 0 Å². The summed E-state index contributed by atoms with van der Waals surface area (Å²) in [5, 5.41) is 41.3. The van der Waals surface area contributed by atoms with Gasteiger partial charge in [0.2, 0.25) is 0 Å². The molecule has 0 fully saturated rings. The maximum atomic E-state index is 12.8. The summed E-state index contributed by atoms with van der Waals surface area (Å²) in [7, 11) is 0. The van der Waals surface area contributed by atoms with Gasteiger partial charge >= 0.3 is 89.5 Å². The van der Waals surface area contributed by atoms with Crippen molar-refractivity contribution in [1.29, 1.82) is 0 Å². The number of hydrogen-bond acceptors (Lipinski definition) is 25. The number of nitrogens with one attached hydrogen (secondary N) is 1. The van der Waals surface area contributed by atoms with Gasteiger partial charge in [-0.1, -0.05) is 0 Å². The zero-order valence-corrected chi connectivity index (χ0v) is 25.6. The third kappa shape index (κ3) is 10.3. The normalized spacial score (nSPS) is 26.6. The molecule has 0 radical (unpaired) electrons. The number of hydrogen-bond donors (Lipinski definition) is 6. The lowest BCUT2D eigenvalue weighted by molar-refractivity contribution is -0.372. The van der Waals surface area contributed by atoms with Crippen LogP contribution in [-0.4, -0.2) is 122 Å². The molecule has 27 nitrogen and oxygen atoms in total. The Morgan fingerprint density at radius 1 is 0.731 bits per heavy atom. The van der Waals surface area contributed by atoms with Gasteiger partial charge in [0.05, 0.1) is 0 Å². The number of aliphatic hydroxyl groups is 4. The van der Waals surface area contributed by atoms with E-state index in [4.69, 9.17) is 10.8 Å². The van der Waals surface area contributed by atoms with Crippen LogP contribution in [0.1, 0.15) is 13.8 Å². The molecule has 2 amide bonds. The molecule has 27 heteroatoms. The molecule has 2 rings (SSSR count). The molecule has 0 aromatic rings. The van der Waals surface area contributed by atoms with Crippen molar-refractivity contribution in [3.63, 3.8) is 0 Å². The fourth-order valence-corrected chi connectivity index (χ4v) is 2.90. The number of carbonyl (C=O) groups is 11. The second-order valence-corrected chi connectivity index (χ2v) is 9.23. The molecule has 0 aliphatic carbocycles. The van der Waals surface area contributed by atoms with Crippen molar-refractivity contribution in [2.75, 3.05) is 0 Å². The quantitative estimate of drug-likeness (QED) is 0.0319. The number of carbonyl (C=O) groups excluding carboxylic acids is 11. The average Bonchev–Trinajstić information content (AvgIpc) is 3.04. The number of esters is 6. The Labute approximate surface area is 284 Å². The van der Waals surface area contributed by atoms with Gasteiger partial charge < -0.3 is 54.6 Å². The van der Waals surface area contributed by atoms with Crippen LogP contribution in [0.4, 0.5) is 4.79 Å². The van der Waals surface area contributed by atoms with Crippen LogP contribution in [0, 0.1) is 0 Å². The van der Waals surface area contributed by atoms with E-state index in [2.05, 4.69) is 48.0 Å². The number of ether oxygens (including phenoxy) is 6. The van der Waals surface area contributed by atoms with Gasteiger partial charge in [0.15, 0.2) is 12.2 Å². The number of nitrogens with two attached hydrogens (primary N) is 1. The molecule has 2 aliphatic rings. The highest BCUT2D eigenvalue weighted by Crippen LogP contribution is 2.32. The molecular formula is C25H22N2O25. The van der Waals surface area contributed by atoms with E-state index in [0.29, 0.717) is 12.2 Å². The second-order valence-electron chi connectivity index (χ2n) is 9.23. The van der Waals surface area contributed by atoms with Crippen LogP contribution in [0.2, 0.25) is 0 Å². The summed E-state index contributed by atoms with van der Waals surface area (Å²) >= 11 is 0. The highest BCUT2D eigenvalue weighted by atomic mass is 17.2. The standard InChI is InChI=1S/C25H22N2O25/c1-9(28)17(36)49-51-19(38)23(41)21(43-11(30)3-5-13(32)45-23)44-12(31)4-6-15(34)47-25(27-22(26)40)24(42,20(39)52-50-18(37)10(2)29)46-14(33)7-8-16(35)48-25/h3-10,21,28-29,41-42H,1-2H3,(H3,26,27,40)/b5-3-,6-4-,8-7-. The van der Waals surface area contributed by atoms with Gasteiger partial charge in [-0.15, -0.1) is 0 Å². The molecule has 0 bridgehead atoms. The topological polar surface area (TPSA) is 399 Å². The van der Waals surface area contributed by atoms with E-state index < -0.39 is 102 Å². The van der Waals surface area contributed by atoms with Crippen molar-refractivity contribution >= 4 is 65.7 Å². The first-order valence-corrected chi connectivity index (χ1v) is 13.2. The number of aliphatic hydroxyl groups excluding tert-OH is 2. The van der Waals surface area contributed by atoms with Crippen LogP contribution in [0.5, 0.6) is 0 Å². The van der Waals surface area contributed by atoms with Crippen molar-refractivity contribution < 1.29 is 121 Å². The van der Waals surface area contributed by atoms with E-state index in [-0.39, 0.29) is 24.3 Å². The summed E-state index contributed by atoms with van der Waals surface area (Å²) in [6.45, 7) is 1.65. The van der Waals surface area contributed by atoms with Crippen molar-refractivity contribution in [3.05, 3.63) is 36.5 Å². The smallest absolute Gasteiger partial charge is 0.414 e. The highest BCUT2D eigenvalue weighted by molar-refractivity contribution is 5.98. The molecule has 282 valence electrons. The lowest BCUT2D eigenvalue weighted by Gasteiger charge is -2.40. The Bertz CT molecular complexity index is 1640. The minimum absolute atomic E-state index is 0.0533. The van der Waals surface area contributed by atoms with E-state index in [0.717, 1.165) is 13.8 Å². The number of amides is 2. The predicted molar refractivity (Wildman–Crippen MR) is 141 cm³/mol. The second kappa shape index (κ2) is 16.6. The van der Waals surface area contributed by atoms with E-state index in [1.54, 1.807) is 0 Å². The average molecular weight is 750 g/mol. The molecule has 2 aliphatic heterocycles. The van der Waals surface area contributed by atoms with Crippen LogP contribution in [0.15, 0.2) is 36.5 Å². The van der Waals surface area contributed by atoms with Gasteiger partial charge in [0.25, 0.3) is 0 Å². The lowest BCUT2D eigenvalue weighted by Crippen LogP contribution is -2.74. The van der Waals surface area contributed by atoms with E-state index in [1.165, 1.54) is 5.32 Å². The van der Waals surface area contributed by atoms with Gasteiger partial charge in [0, 0.05) is 36.5 Å². The number of rotatable bonds is 9. The molecule has 0 aromatic heterocycles. The first-order chi connectivity index (χ1) is 24.0. The van der Waals surface area contributed by atoms with E-state index in [9.17, 15) is 68.1 Å². The van der Waals surface area contributed by atoms with Gasteiger partial charge in [-0.2, -0.15) is 0 Å². The van der Waals surface area contributed by atoms with Gasteiger partial charge in [-0.3, -0.25) is 5.32 Å². The summed E-state index contributed by atoms with van der Waals surface area (Å²) < 4.78 is 27.0. The fraction of sp³-hybridized carbons (Fsp3) is 0.320. The zero-order valence-electron chi connectivity index (χ0n) is 25.6. The maximum Gasteiger partial charge on any atom is 0.438 e. The molecular weight excluding hydrogens is 728 g/mol. The Morgan fingerprint density at radius 3 is 1.71 bits per heavy atom. The summed E-state index contributed by atoms with van der Waals surface area (Å²) in [6, 6.07) is -1.93. The summed E-state index contributed by atoms with van der Waals surface area (Å²) in [6.07, 6.45) is -6.01. The van der Waals surface area contributed by atoms with Crippen molar-refractivity contribution in [1.82, 2.24) is 5.32 Å². The molecule has 2 heterocycles. The van der Waals surface area contributed by atoms with Crippen molar-refractivity contribution in [2.24, 2.45) is 5.73 Å². The van der Waals surface area contributed by atoms with Crippen molar-refractivity contribution in [3.8, 4) is 0 Å². The minimum atomic E-state index is -4.40. The Balaban J connectivity index is 2.46. The Hall–Kier alpha value is -6.97. The van der Waals surface area contributed by atoms with Crippen LogP contribution in [0.3, 0.4) is 0 Å². The SMILES string of the molecule is CC(O)C(=O)OOC(=O)C1(O)OC(=O)/C=C\C(=O)OC1OC(=O)/C=C\C(=O)OC1(NC(N)=O)OC(=O)/C=C\C(=O)OC1(O)C(=O)OOC(=O)C(C)O. The number of urea groups is 1. The van der Waals surface area contributed by atoms with E-state index >= 15 is 0 Å². The number of cyclic esters (lactones) is 4. The van der Waals surface area contributed by atoms with Gasteiger partial charge in [-0.25, -0.2) is 72.3 Å². The van der Waals surface area contributed by atoms with Crippen LogP contribution in [0.25, 0.3) is 0 Å². The summed E-state index contributed by atoms with van der Waals surface area (Å²) in [5.41, 5.74) is 4.96.